The summed E-state index contributed by atoms with van der Waals surface area (Å²) in [5.41, 5.74) is 11.1. The number of methoxy groups -OCH3 is 1. The lowest BCUT2D eigenvalue weighted by Gasteiger charge is -2.29. The average Bonchev–Trinajstić information content (AvgIpc) is 2.38. The van der Waals surface area contributed by atoms with Crippen molar-refractivity contribution in [2.75, 3.05) is 32.7 Å². The number of amides is 1. The molecule has 444 valence electrons. The van der Waals surface area contributed by atoms with Crippen molar-refractivity contribution in [2.24, 2.45) is 0 Å². The zero-order valence-electron chi connectivity index (χ0n) is 46.9. The van der Waals surface area contributed by atoms with Crippen molar-refractivity contribution in [1.29, 1.82) is 0 Å². The molecule has 2 aromatic heterocycles. The van der Waals surface area contributed by atoms with Crippen LogP contribution in [0.3, 0.4) is 0 Å². The number of carbonyl (C=O) groups excluding carboxylic acids is 4. The van der Waals surface area contributed by atoms with Gasteiger partial charge in [-0.2, -0.15) is 0 Å². The van der Waals surface area contributed by atoms with Crippen LogP contribution in [0, 0.1) is 6.92 Å². The highest BCUT2D eigenvalue weighted by Gasteiger charge is 2.53. The highest BCUT2D eigenvalue weighted by molar-refractivity contribution is 8.55. The number of hydrogen-bond acceptors (Lipinski definition) is 20. The quantitative estimate of drug-likeness (QED) is 0.0271. The summed E-state index contributed by atoms with van der Waals surface area (Å²) in [5.74, 6) is -0.256. The maximum Gasteiger partial charge on any atom is 0.390 e. The number of ether oxygens (including phenoxy) is 4. The van der Waals surface area contributed by atoms with Crippen molar-refractivity contribution in [3.05, 3.63) is 161 Å². The number of rotatable bonds is 23. The topological polar surface area (TPSA) is 249 Å². The number of nitrogens with two attached hydrogens (primary N) is 1. The number of nitrogen functional groups attached to an aromatic ring is 1. The lowest BCUT2D eigenvalue weighted by molar-refractivity contribution is -0.144. The molecule has 2 bridgehead atoms. The second kappa shape index (κ2) is 28.1. The average molecular weight is 1220 g/mol. The van der Waals surface area contributed by atoms with Crippen LogP contribution in [0.5, 0.6) is 5.75 Å². The Kier molecular flexibility index (Phi) is 20.5. The van der Waals surface area contributed by atoms with Gasteiger partial charge in [0.1, 0.15) is 54.3 Å². The minimum absolute atomic E-state index is 0.0502. The van der Waals surface area contributed by atoms with E-state index in [2.05, 4.69) is 21.9 Å². The lowest BCUT2D eigenvalue weighted by Crippen LogP contribution is -2.39. The van der Waals surface area contributed by atoms with Crippen molar-refractivity contribution in [3.63, 3.8) is 0 Å². The Morgan fingerprint density at radius 2 is 1.27 bits per heavy atom. The lowest BCUT2D eigenvalue weighted by atomic mass is 10.0. The number of aromatic nitrogens is 4. The number of unbranched alkanes of at least 4 members (excludes halogenated alkanes) is 7. The van der Waals surface area contributed by atoms with Gasteiger partial charge in [0.25, 0.3) is 0 Å². The van der Waals surface area contributed by atoms with E-state index in [0.29, 0.717) is 45.7 Å². The molecule has 20 nitrogen and oxygen atoms in total. The smallest absolute Gasteiger partial charge is 0.390 e. The maximum atomic E-state index is 15.7. The molecular formula is C60H68N6O14P2S2. The highest BCUT2D eigenvalue weighted by Crippen LogP contribution is 2.67. The van der Waals surface area contributed by atoms with Crippen molar-refractivity contribution in [1.82, 2.24) is 24.4 Å². The number of nitrogens with zero attached hydrogens (tertiary/aromatic N) is 5. The summed E-state index contributed by atoms with van der Waals surface area (Å²) in [5, 5.41) is 0. The first-order valence-electron chi connectivity index (χ1n) is 28.2. The van der Waals surface area contributed by atoms with E-state index < -0.39 is 75.7 Å². The molecule has 1 amide bonds. The van der Waals surface area contributed by atoms with Crippen molar-refractivity contribution < 1.29 is 65.4 Å². The van der Waals surface area contributed by atoms with E-state index in [1.165, 1.54) is 75.5 Å². The van der Waals surface area contributed by atoms with Gasteiger partial charge in [0, 0.05) is 53.5 Å². The largest absolute Gasteiger partial charge is 0.494 e. The molecule has 0 radical (unpaired) electrons. The van der Waals surface area contributed by atoms with Gasteiger partial charge in [0.15, 0.2) is 35.0 Å². The molecule has 4 aromatic carbocycles. The van der Waals surface area contributed by atoms with Crippen LogP contribution in [-0.2, 0) is 62.5 Å². The monoisotopic (exact) mass is 1220 g/mol. The molecule has 24 heteroatoms. The molecule has 84 heavy (non-hydrogen) atoms. The number of imidazole rings is 1. The first-order chi connectivity index (χ1) is 40.7. The van der Waals surface area contributed by atoms with Gasteiger partial charge in [-0.05, 0) is 77.6 Å². The Balaban J connectivity index is 0.888. The van der Waals surface area contributed by atoms with Crippen LogP contribution >= 0.6 is 36.4 Å². The van der Waals surface area contributed by atoms with E-state index in [1.807, 2.05) is 31.2 Å². The SMILES string of the molecule is CCCCCCCCCCOc1ccc(C(=O)c2ccc(CSP3(=O)OC[C@H]4O[C@@H](n5cnc6c(N)ncnc65)[C@H](OP(=O)(SCc5ccc(C(=O)c6ccc(C)cc6)cc5)OC[C@H]5O[C@@H](N6C=CC(=O)CC6=O)C[C@@H]5O3)[C@@H]4OC)cc2)cc1. The number of anilines is 1. The van der Waals surface area contributed by atoms with Gasteiger partial charge in [-0.1, -0.05) is 130 Å². The summed E-state index contributed by atoms with van der Waals surface area (Å²) in [4.78, 5) is 66.9. The zero-order valence-corrected chi connectivity index (χ0v) is 50.4. The number of allylic oxidation sites excluding steroid dienone is 1. The van der Waals surface area contributed by atoms with Crippen molar-refractivity contribution >= 4 is 76.6 Å². The van der Waals surface area contributed by atoms with E-state index in [1.54, 1.807) is 77.4 Å². The number of carbonyl (C=O) groups is 4. The van der Waals surface area contributed by atoms with Crippen LogP contribution in [0.4, 0.5) is 5.82 Å². The maximum absolute atomic E-state index is 15.7. The molecule has 6 aromatic rings. The molecule has 6 heterocycles. The summed E-state index contributed by atoms with van der Waals surface area (Å²) in [6, 6.07) is 28.3. The van der Waals surface area contributed by atoms with Gasteiger partial charge in [0.2, 0.25) is 5.91 Å². The second-order valence-electron chi connectivity index (χ2n) is 21.0. The fourth-order valence-electron chi connectivity index (χ4n) is 10.3. The van der Waals surface area contributed by atoms with Crippen LogP contribution in [0.1, 0.15) is 126 Å². The fraction of sp³-hybridized carbons (Fsp3) is 0.417. The zero-order chi connectivity index (χ0) is 58.8. The summed E-state index contributed by atoms with van der Waals surface area (Å²) in [6.07, 6.45) is 6.78. The van der Waals surface area contributed by atoms with Crippen LogP contribution in [0.2, 0.25) is 0 Å². The molecule has 2 N–H and O–H groups in total. The van der Waals surface area contributed by atoms with Crippen LogP contribution < -0.4 is 10.5 Å². The van der Waals surface area contributed by atoms with Gasteiger partial charge in [-0.15, -0.1) is 0 Å². The summed E-state index contributed by atoms with van der Waals surface area (Å²) >= 11 is 1.76. The Bertz CT molecular complexity index is 3410. The Morgan fingerprint density at radius 1 is 0.702 bits per heavy atom. The minimum atomic E-state index is -4.41. The van der Waals surface area contributed by atoms with Gasteiger partial charge < -0.3 is 24.7 Å². The van der Waals surface area contributed by atoms with Crippen LogP contribution in [-0.4, -0.2) is 111 Å². The first kappa shape index (κ1) is 61.2. The molecule has 0 spiro atoms. The van der Waals surface area contributed by atoms with E-state index in [4.69, 9.17) is 42.8 Å². The molecule has 3 saturated heterocycles. The molecule has 9 atom stereocenters. The number of fused-ring (bicyclic) bond motifs is 4. The molecule has 4 aliphatic rings. The molecule has 0 aliphatic carbocycles. The number of hydrogen-bond donors (Lipinski definition) is 1. The van der Waals surface area contributed by atoms with Crippen molar-refractivity contribution in [3.8, 4) is 5.75 Å². The minimum Gasteiger partial charge on any atom is -0.494 e. The predicted octanol–water partition coefficient (Wildman–Crippen LogP) is 11.9. The Labute approximate surface area is 495 Å². The third-order valence-electron chi connectivity index (χ3n) is 15.0. The van der Waals surface area contributed by atoms with Crippen molar-refractivity contribution in [2.45, 2.75) is 133 Å². The summed E-state index contributed by atoms with van der Waals surface area (Å²) in [7, 11) is 1.42. The molecular weight excluding hydrogens is 1150 g/mol. The fourth-order valence-corrected chi connectivity index (χ4v) is 17.1. The molecule has 3 fully saturated rings. The first-order valence-corrected chi connectivity index (χ1v) is 34.5. The normalized spacial score (nSPS) is 25.5. The van der Waals surface area contributed by atoms with Gasteiger partial charge in [-0.3, -0.25) is 46.7 Å². The summed E-state index contributed by atoms with van der Waals surface area (Å²) < 4.78 is 84.0. The molecule has 4 aliphatic heterocycles. The van der Waals surface area contributed by atoms with Gasteiger partial charge in [-0.25, -0.2) is 24.1 Å². The van der Waals surface area contributed by atoms with Crippen LogP contribution in [0.25, 0.3) is 11.2 Å². The molecule has 0 saturated carbocycles. The third kappa shape index (κ3) is 15.0. The third-order valence-corrected chi connectivity index (χ3v) is 22.3. The Hall–Kier alpha value is -5.87. The number of ketones is 3. The Morgan fingerprint density at radius 3 is 1.88 bits per heavy atom. The molecule has 2 unspecified atom stereocenters. The summed E-state index contributed by atoms with van der Waals surface area (Å²) in [6.45, 7) is -4.81. The van der Waals surface area contributed by atoms with E-state index in [0.717, 1.165) is 41.2 Å². The number of benzene rings is 4. The van der Waals surface area contributed by atoms with Crippen LogP contribution in [0.15, 0.2) is 122 Å². The van der Waals surface area contributed by atoms with Gasteiger partial charge in [0.05, 0.1) is 32.6 Å². The second-order valence-corrected chi connectivity index (χ2v) is 29.0. The standard InChI is InChI=1S/C60H68N6O14P2S2/c1-4-5-6-7-8-9-10-11-30-74-47-26-24-45(25-27-47)55(70)44-22-14-40(15-23-44)35-83-81(71)76-34-50-56(73-3)57(60(78-50)66-38-64-53-58(61)62-37-63-59(53)66)80-82(72,75-33-49-48(79-81)32-52(77-49)65-29-28-46(67)31-51(65)68)84-36-41-16-20-43(21-17-41)54(69)42-18-12-39(2)13-19-42/h12-29,37-38,48-50,52,56-57,60H,4-11,30-36H2,1-3H3,(H2,61,62,63)/t48-,49+,50+,52+,56+,57+,60+,81?,82?/m0/s1. The van der Waals surface area contributed by atoms with E-state index in [9.17, 15) is 19.2 Å². The number of aryl methyl sites for hydroxylation is 1. The van der Waals surface area contributed by atoms with E-state index >= 15 is 9.13 Å². The highest BCUT2D eigenvalue weighted by atomic mass is 32.7. The molecule has 10 rings (SSSR count). The van der Waals surface area contributed by atoms with Gasteiger partial charge >= 0.3 is 13.6 Å². The predicted molar refractivity (Wildman–Crippen MR) is 318 cm³/mol. The van der Waals surface area contributed by atoms with E-state index in [-0.39, 0.29) is 58.7 Å².